The van der Waals surface area contributed by atoms with Crippen LogP contribution in [0.25, 0.3) is 10.6 Å². The topological polar surface area (TPSA) is 79.4 Å². The Labute approximate surface area is 145 Å². The van der Waals surface area contributed by atoms with Gasteiger partial charge >= 0.3 is 0 Å². The molecule has 1 saturated heterocycles. The first-order valence-corrected chi connectivity index (χ1v) is 8.21. The molecule has 1 aliphatic rings. The van der Waals surface area contributed by atoms with Crippen molar-refractivity contribution in [3.63, 3.8) is 0 Å². The molecule has 6 nitrogen and oxygen atoms in total. The summed E-state index contributed by atoms with van der Waals surface area (Å²) in [7, 11) is 1.36. The number of amides is 3. The molecule has 1 aromatic carbocycles. The van der Waals surface area contributed by atoms with Crippen LogP contribution in [0.3, 0.4) is 0 Å². The Morgan fingerprint density at radius 2 is 2.00 bits per heavy atom. The fourth-order valence-electron chi connectivity index (χ4n) is 2.48. The monoisotopic (exact) mass is 365 g/mol. The SMILES string of the molecule is CN1C(=O)CCC(NC(=O)c2cnc(-c3c(F)cccc3F)s2)C1=O. The highest BCUT2D eigenvalue weighted by Crippen LogP contribution is 2.30. The van der Waals surface area contributed by atoms with Crippen LogP contribution in [0.4, 0.5) is 8.78 Å². The van der Waals surface area contributed by atoms with Gasteiger partial charge in [-0.05, 0) is 18.6 Å². The minimum absolute atomic E-state index is 0.0306. The number of nitrogens with zero attached hydrogens (tertiary/aromatic N) is 2. The van der Waals surface area contributed by atoms with E-state index >= 15 is 0 Å². The second kappa shape index (κ2) is 6.67. The Hall–Kier alpha value is -2.68. The van der Waals surface area contributed by atoms with E-state index in [4.69, 9.17) is 0 Å². The lowest BCUT2D eigenvalue weighted by Crippen LogP contribution is -2.52. The van der Waals surface area contributed by atoms with Crippen LogP contribution in [0.1, 0.15) is 22.5 Å². The molecule has 1 atom stereocenters. The largest absolute Gasteiger partial charge is 0.339 e. The molecule has 1 aromatic heterocycles. The van der Waals surface area contributed by atoms with Crippen LogP contribution in [0.2, 0.25) is 0 Å². The fraction of sp³-hybridized carbons (Fsp3) is 0.250. The summed E-state index contributed by atoms with van der Waals surface area (Å²) < 4.78 is 27.6. The van der Waals surface area contributed by atoms with Crippen LogP contribution in [-0.2, 0) is 9.59 Å². The molecule has 0 bridgehead atoms. The number of carbonyl (C=O) groups excluding carboxylic acids is 3. The zero-order valence-corrected chi connectivity index (χ0v) is 13.9. The van der Waals surface area contributed by atoms with Gasteiger partial charge in [0.1, 0.15) is 27.6 Å². The van der Waals surface area contributed by atoms with Gasteiger partial charge in [0.2, 0.25) is 5.91 Å². The molecule has 2 aromatic rings. The number of nitrogens with one attached hydrogen (secondary N) is 1. The number of aromatic nitrogens is 1. The van der Waals surface area contributed by atoms with Crippen molar-refractivity contribution in [2.75, 3.05) is 7.05 Å². The lowest BCUT2D eigenvalue weighted by atomic mass is 10.0. The van der Waals surface area contributed by atoms with Crippen molar-refractivity contribution in [1.82, 2.24) is 15.2 Å². The van der Waals surface area contributed by atoms with Crippen molar-refractivity contribution in [2.24, 2.45) is 0 Å². The number of hydrogen-bond donors (Lipinski definition) is 1. The fourth-order valence-corrected chi connectivity index (χ4v) is 3.34. The minimum atomic E-state index is -0.814. The predicted molar refractivity (Wildman–Crippen MR) is 85.7 cm³/mol. The summed E-state index contributed by atoms with van der Waals surface area (Å²) in [6, 6.07) is 2.63. The summed E-state index contributed by atoms with van der Waals surface area (Å²) in [4.78, 5) is 40.7. The van der Waals surface area contributed by atoms with Gasteiger partial charge in [-0.15, -0.1) is 11.3 Å². The van der Waals surface area contributed by atoms with Gasteiger partial charge in [-0.1, -0.05) is 6.07 Å². The molecular weight excluding hydrogens is 352 g/mol. The molecule has 0 radical (unpaired) electrons. The van der Waals surface area contributed by atoms with Gasteiger partial charge in [-0.2, -0.15) is 0 Å². The van der Waals surface area contributed by atoms with Crippen LogP contribution >= 0.6 is 11.3 Å². The first-order valence-electron chi connectivity index (χ1n) is 7.40. The van der Waals surface area contributed by atoms with Crippen molar-refractivity contribution >= 4 is 29.1 Å². The van der Waals surface area contributed by atoms with E-state index in [0.29, 0.717) is 0 Å². The molecule has 1 N–H and O–H groups in total. The van der Waals surface area contributed by atoms with Gasteiger partial charge in [-0.3, -0.25) is 19.3 Å². The van der Waals surface area contributed by atoms with E-state index in [1.165, 1.54) is 19.3 Å². The molecule has 3 amide bonds. The van der Waals surface area contributed by atoms with E-state index < -0.39 is 29.5 Å². The Morgan fingerprint density at radius 3 is 2.68 bits per heavy atom. The standard InChI is InChI=1S/C16H13F2N3O3S/c1-21-12(22)6-5-10(16(21)24)20-14(23)11-7-19-15(25-11)13-8(17)3-2-4-9(13)18/h2-4,7,10H,5-6H2,1H3,(H,20,23). The maximum absolute atomic E-state index is 13.8. The molecule has 9 heteroatoms. The average molecular weight is 365 g/mol. The van der Waals surface area contributed by atoms with Gasteiger partial charge in [0, 0.05) is 13.5 Å². The number of likely N-dealkylation sites (tertiary alicyclic amines) is 1. The number of benzene rings is 1. The van der Waals surface area contributed by atoms with E-state index in [1.807, 2.05) is 0 Å². The van der Waals surface area contributed by atoms with Crippen molar-refractivity contribution < 1.29 is 23.2 Å². The first kappa shape index (κ1) is 17.2. The quantitative estimate of drug-likeness (QED) is 0.844. The summed E-state index contributed by atoms with van der Waals surface area (Å²) in [5.41, 5.74) is -0.300. The molecule has 0 aliphatic carbocycles. The van der Waals surface area contributed by atoms with Crippen molar-refractivity contribution in [1.29, 1.82) is 0 Å². The van der Waals surface area contributed by atoms with E-state index in [0.717, 1.165) is 28.4 Å². The molecule has 130 valence electrons. The number of thiazole rings is 1. The first-order chi connectivity index (χ1) is 11.9. The van der Waals surface area contributed by atoms with Crippen LogP contribution in [-0.4, -0.2) is 40.7 Å². The summed E-state index contributed by atoms with van der Waals surface area (Å²) in [6.07, 6.45) is 1.56. The summed E-state index contributed by atoms with van der Waals surface area (Å²) >= 11 is 0.819. The smallest absolute Gasteiger partial charge is 0.263 e. The normalized spacial score (nSPS) is 17.7. The number of piperidine rings is 1. The van der Waals surface area contributed by atoms with Gasteiger partial charge < -0.3 is 5.32 Å². The Balaban J connectivity index is 1.78. The lowest BCUT2D eigenvalue weighted by molar-refractivity contribution is -0.147. The highest BCUT2D eigenvalue weighted by atomic mass is 32.1. The van der Waals surface area contributed by atoms with Gasteiger partial charge in [0.05, 0.1) is 11.8 Å². The minimum Gasteiger partial charge on any atom is -0.339 e. The number of halogens is 2. The molecule has 0 saturated carbocycles. The second-order valence-electron chi connectivity index (χ2n) is 5.48. The number of rotatable bonds is 3. The Morgan fingerprint density at radius 1 is 1.32 bits per heavy atom. The maximum Gasteiger partial charge on any atom is 0.263 e. The number of carbonyl (C=O) groups is 3. The summed E-state index contributed by atoms with van der Waals surface area (Å²) in [6.45, 7) is 0. The summed E-state index contributed by atoms with van der Waals surface area (Å²) in [5.74, 6) is -2.92. The number of hydrogen-bond acceptors (Lipinski definition) is 5. The van der Waals surface area contributed by atoms with Gasteiger partial charge in [0.15, 0.2) is 0 Å². The van der Waals surface area contributed by atoms with Crippen molar-refractivity contribution in [3.8, 4) is 10.6 Å². The zero-order valence-electron chi connectivity index (χ0n) is 13.1. The van der Waals surface area contributed by atoms with Crippen molar-refractivity contribution in [3.05, 3.63) is 40.9 Å². The maximum atomic E-state index is 13.8. The molecule has 0 spiro atoms. The van der Waals surface area contributed by atoms with Crippen LogP contribution < -0.4 is 5.32 Å². The zero-order chi connectivity index (χ0) is 18.1. The number of likely N-dealkylation sites (N-methyl/N-ethyl adjacent to an activating group) is 1. The predicted octanol–water partition coefficient (Wildman–Crippen LogP) is 1.97. The Bertz CT molecular complexity index is 848. The number of imide groups is 1. The van der Waals surface area contributed by atoms with Gasteiger partial charge in [-0.25, -0.2) is 13.8 Å². The summed E-state index contributed by atoms with van der Waals surface area (Å²) in [5, 5.41) is 2.56. The molecule has 1 unspecified atom stereocenters. The van der Waals surface area contributed by atoms with E-state index in [2.05, 4.69) is 10.3 Å². The molecular formula is C16H13F2N3O3S. The molecule has 25 heavy (non-hydrogen) atoms. The third kappa shape index (κ3) is 3.27. The van der Waals surface area contributed by atoms with Crippen molar-refractivity contribution in [2.45, 2.75) is 18.9 Å². The highest BCUT2D eigenvalue weighted by molar-refractivity contribution is 7.16. The lowest BCUT2D eigenvalue weighted by Gasteiger charge is -2.27. The second-order valence-corrected chi connectivity index (χ2v) is 6.51. The molecule has 1 fully saturated rings. The molecule has 2 heterocycles. The average Bonchev–Trinajstić information content (AvgIpc) is 3.05. The molecule has 1 aliphatic heterocycles. The van der Waals surface area contributed by atoms with Gasteiger partial charge in [0.25, 0.3) is 11.8 Å². The molecule has 3 rings (SSSR count). The van der Waals surface area contributed by atoms with E-state index in [-0.39, 0.29) is 34.2 Å². The third-order valence-electron chi connectivity index (χ3n) is 3.86. The van der Waals surface area contributed by atoms with E-state index in [1.54, 1.807) is 0 Å². The van der Waals surface area contributed by atoms with Crippen LogP contribution in [0.5, 0.6) is 0 Å². The third-order valence-corrected chi connectivity index (χ3v) is 4.87. The van der Waals surface area contributed by atoms with Crippen LogP contribution in [0, 0.1) is 11.6 Å². The van der Waals surface area contributed by atoms with Crippen LogP contribution in [0.15, 0.2) is 24.4 Å². The van der Waals surface area contributed by atoms with E-state index in [9.17, 15) is 23.2 Å². The Kier molecular flexibility index (Phi) is 4.58. The highest BCUT2D eigenvalue weighted by Gasteiger charge is 2.33.